The van der Waals surface area contributed by atoms with Crippen LogP contribution in [0.4, 0.5) is 0 Å². The zero-order chi connectivity index (χ0) is 14.5. The van der Waals surface area contributed by atoms with Crippen LogP contribution in [0.1, 0.15) is 31.7 Å². The largest absolute Gasteiger partial charge is 0.346 e. The van der Waals surface area contributed by atoms with Gasteiger partial charge in [-0.1, -0.05) is 19.4 Å². The van der Waals surface area contributed by atoms with Crippen molar-refractivity contribution in [2.45, 2.75) is 39.3 Å². The first-order chi connectivity index (χ1) is 10.4. The molecular formula is C18H27N3. The summed E-state index contributed by atoms with van der Waals surface area (Å²) in [5.74, 6) is 0. The molecule has 2 heterocycles. The highest BCUT2D eigenvalue weighted by Crippen LogP contribution is 2.18. The van der Waals surface area contributed by atoms with Gasteiger partial charge >= 0.3 is 0 Å². The van der Waals surface area contributed by atoms with Crippen LogP contribution in [0.2, 0.25) is 0 Å². The van der Waals surface area contributed by atoms with Gasteiger partial charge in [-0.05, 0) is 61.6 Å². The molecular weight excluding hydrogens is 258 g/mol. The summed E-state index contributed by atoms with van der Waals surface area (Å²) in [6.07, 6.45) is 6.41. The van der Waals surface area contributed by atoms with E-state index in [0.717, 1.165) is 19.6 Å². The second-order valence-corrected chi connectivity index (χ2v) is 6.08. The van der Waals surface area contributed by atoms with E-state index in [1.165, 1.54) is 55.4 Å². The molecule has 21 heavy (non-hydrogen) atoms. The Hall–Kier alpha value is -1.32. The molecule has 1 aliphatic rings. The number of hydrogen-bond acceptors (Lipinski definition) is 2. The minimum atomic E-state index is 0.964. The van der Waals surface area contributed by atoms with Crippen molar-refractivity contribution in [2.24, 2.45) is 0 Å². The van der Waals surface area contributed by atoms with Crippen LogP contribution < -0.4 is 5.32 Å². The molecule has 1 fully saturated rings. The van der Waals surface area contributed by atoms with Crippen LogP contribution in [0.15, 0.2) is 30.5 Å². The summed E-state index contributed by atoms with van der Waals surface area (Å²) in [5.41, 5.74) is 2.74. The molecule has 1 aromatic carbocycles. The van der Waals surface area contributed by atoms with Gasteiger partial charge in [0.2, 0.25) is 0 Å². The molecule has 3 nitrogen and oxygen atoms in total. The Morgan fingerprint density at radius 3 is 2.71 bits per heavy atom. The molecule has 1 aromatic heterocycles. The number of fused-ring (bicyclic) bond motifs is 1. The minimum Gasteiger partial charge on any atom is -0.346 e. The maximum absolute atomic E-state index is 3.39. The summed E-state index contributed by atoms with van der Waals surface area (Å²) < 4.78 is 2.40. The van der Waals surface area contributed by atoms with Crippen molar-refractivity contribution in [1.29, 1.82) is 0 Å². The lowest BCUT2D eigenvalue weighted by Gasteiger charge is -2.26. The number of hydrogen-bond donors (Lipinski definition) is 1. The topological polar surface area (TPSA) is 20.2 Å². The summed E-state index contributed by atoms with van der Waals surface area (Å²) in [6, 6.07) is 9.09. The number of piperidine rings is 1. The van der Waals surface area contributed by atoms with Crippen molar-refractivity contribution in [1.82, 2.24) is 14.8 Å². The zero-order valence-corrected chi connectivity index (χ0v) is 13.1. The number of nitrogens with one attached hydrogen (secondary N) is 1. The fraction of sp³-hybridized carbons (Fsp3) is 0.556. The monoisotopic (exact) mass is 285 g/mol. The van der Waals surface area contributed by atoms with Gasteiger partial charge in [-0.15, -0.1) is 0 Å². The van der Waals surface area contributed by atoms with Crippen LogP contribution in [-0.2, 0) is 13.1 Å². The van der Waals surface area contributed by atoms with Gasteiger partial charge in [-0.3, -0.25) is 0 Å². The Balaban J connectivity index is 1.65. The van der Waals surface area contributed by atoms with E-state index >= 15 is 0 Å². The van der Waals surface area contributed by atoms with E-state index in [1.807, 2.05) is 0 Å². The van der Waals surface area contributed by atoms with Gasteiger partial charge < -0.3 is 14.8 Å². The highest BCUT2D eigenvalue weighted by Gasteiger charge is 2.10. The van der Waals surface area contributed by atoms with Gasteiger partial charge in [-0.25, -0.2) is 0 Å². The average molecular weight is 285 g/mol. The second kappa shape index (κ2) is 7.10. The molecule has 114 valence electrons. The van der Waals surface area contributed by atoms with Crippen molar-refractivity contribution in [2.75, 3.05) is 26.2 Å². The van der Waals surface area contributed by atoms with Crippen LogP contribution in [-0.4, -0.2) is 35.6 Å². The highest BCUT2D eigenvalue weighted by molar-refractivity contribution is 5.80. The third-order valence-corrected chi connectivity index (χ3v) is 4.52. The van der Waals surface area contributed by atoms with E-state index < -0.39 is 0 Å². The lowest BCUT2D eigenvalue weighted by Crippen LogP contribution is -2.32. The number of rotatable bonds is 6. The second-order valence-electron chi connectivity index (χ2n) is 6.08. The van der Waals surface area contributed by atoms with E-state index in [4.69, 9.17) is 0 Å². The number of nitrogens with zero attached hydrogens (tertiary/aromatic N) is 2. The number of likely N-dealkylation sites (tertiary alicyclic amines) is 1. The van der Waals surface area contributed by atoms with Crippen molar-refractivity contribution >= 4 is 10.9 Å². The summed E-state index contributed by atoms with van der Waals surface area (Å²) in [4.78, 5) is 2.61. The Kier molecular flexibility index (Phi) is 4.94. The van der Waals surface area contributed by atoms with Gasteiger partial charge in [0.25, 0.3) is 0 Å². The molecule has 0 atom stereocenters. The summed E-state index contributed by atoms with van der Waals surface area (Å²) >= 11 is 0. The predicted octanol–water partition coefficient (Wildman–Crippen LogP) is 3.24. The third-order valence-electron chi connectivity index (χ3n) is 4.52. The molecule has 3 rings (SSSR count). The van der Waals surface area contributed by atoms with Crippen molar-refractivity contribution < 1.29 is 0 Å². The lowest BCUT2D eigenvalue weighted by molar-refractivity contribution is 0.221. The number of benzene rings is 1. The molecule has 0 unspecified atom stereocenters. The van der Waals surface area contributed by atoms with Crippen LogP contribution in [0.3, 0.4) is 0 Å². The van der Waals surface area contributed by atoms with Gasteiger partial charge in [0.15, 0.2) is 0 Å². The normalized spacial score (nSPS) is 16.6. The number of aromatic nitrogens is 1. The van der Waals surface area contributed by atoms with Crippen molar-refractivity contribution in [3.8, 4) is 0 Å². The Labute approximate surface area is 127 Å². The smallest absolute Gasteiger partial charge is 0.0480 e. The van der Waals surface area contributed by atoms with Crippen LogP contribution in [0, 0.1) is 0 Å². The molecule has 2 aromatic rings. The van der Waals surface area contributed by atoms with Gasteiger partial charge in [-0.2, -0.15) is 0 Å². The SMILES string of the molecule is CCNCc1ccc2c(ccn2CCN2CCCCC2)c1. The lowest BCUT2D eigenvalue weighted by atomic mass is 10.1. The summed E-state index contributed by atoms with van der Waals surface area (Å²) in [5, 5.41) is 4.76. The molecule has 0 bridgehead atoms. The molecule has 0 amide bonds. The highest BCUT2D eigenvalue weighted by atomic mass is 15.1. The quantitative estimate of drug-likeness (QED) is 0.879. The van der Waals surface area contributed by atoms with Crippen LogP contribution >= 0.6 is 0 Å². The Morgan fingerprint density at radius 1 is 1.05 bits per heavy atom. The Morgan fingerprint density at radius 2 is 1.90 bits per heavy atom. The molecule has 0 radical (unpaired) electrons. The predicted molar refractivity (Wildman–Crippen MR) is 89.6 cm³/mol. The van der Waals surface area contributed by atoms with Crippen LogP contribution in [0.5, 0.6) is 0 Å². The molecule has 0 saturated carbocycles. The fourth-order valence-corrected chi connectivity index (χ4v) is 3.26. The van der Waals surface area contributed by atoms with Crippen molar-refractivity contribution in [3.05, 3.63) is 36.0 Å². The molecule has 0 aliphatic carbocycles. The Bertz CT molecular complexity index is 567. The standard InChI is InChI=1S/C18H27N3/c1-2-19-15-16-6-7-18-17(14-16)8-11-21(18)13-12-20-9-4-3-5-10-20/h6-8,11,14,19H,2-5,9-10,12-13,15H2,1H3. The maximum atomic E-state index is 3.39. The average Bonchev–Trinajstić information content (AvgIpc) is 2.94. The first-order valence-electron chi connectivity index (χ1n) is 8.37. The van der Waals surface area contributed by atoms with E-state index in [-0.39, 0.29) is 0 Å². The molecule has 1 N–H and O–H groups in total. The van der Waals surface area contributed by atoms with Gasteiger partial charge in [0.05, 0.1) is 0 Å². The minimum absolute atomic E-state index is 0.964. The van der Waals surface area contributed by atoms with Crippen LogP contribution in [0.25, 0.3) is 10.9 Å². The van der Waals surface area contributed by atoms with Crippen molar-refractivity contribution in [3.63, 3.8) is 0 Å². The summed E-state index contributed by atoms with van der Waals surface area (Å²) in [7, 11) is 0. The fourth-order valence-electron chi connectivity index (χ4n) is 3.26. The molecule has 1 saturated heterocycles. The third kappa shape index (κ3) is 3.66. The molecule has 0 spiro atoms. The molecule has 3 heteroatoms. The van der Waals surface area contributed by atoms with Gasteiger partial charge in [0, 0.05) is 31.3 Å². The van der Waals surface area contributed by atoms with E-state index in [9.17, 15) is 0 Å². The molecule has 1 aliphatic heterocycles. The van der Waals surface area contributed by atoms with E-state index in [0.29, 0.717) is 0 Å². The first-order valence-corrected chi connectivity index (χ1v) is 8.37. The maximum Gasteiger partial charge on any atom is 0.0480 e. The van der Waals surface area contributed by atoms with Gasteiger partial charge in [0.1, 0.15) is 0 Å². The van der Waals surface area contributed by atoms with E-state index in [1.54, 1.807) is 0 Å². The zero-order valence-electron chi connectivity index (χ0n) is 13.1. The van der Waals surface area contributed by atoms with E-state index in [2.05, 4.69) is 52.2 Å². The first kappa shape index (κ1) is 14.6. The summed E-state index contributed by atoms with van der Waals surface area (Å²) in [6.45, 7) is 8.99.